The molecule has 2 saturated heterocycles. The van der Waals surface area contributed by atoms with Crippen molar-refractivity contribution in [3.05, 3.63) is 29.8 Å². The van der Waals surface area contributed by atoms with Gasteiger partial charge < -0.3 is 30.4 Å². The Hall–Kier alpha value is -3.52. The molecule has 0 radical (unpaired) electrons. The molecule has 0 aromatic carbocycles. The normalized spacial score (nSPS) is 20.3. The number of rotatable bonds is 4. The van der Waals surface area contributed by atoms with Crippen LogP contribution in [0.3, 0.4) is 0 Å². The molecule has 14 heteroatoms. The number of carboxylic acid groups (broad SMARTS) is 1. The van der Waals surface area contributed by atoms with Gasteiger partial charge in [0.15, 0.2) is 11.6 Å². The zero-order valence-corrected chi connectivity index (χ0v) is 20.0. The van der Waals surface area contributed by atoms with Crippen molar-refractivity contribution < 1.29 is 32.2 Å². The lowest BCUT2D eigenvalue weighted by molar-refractivity contribution is -0.137. The van der Waals surface area contributed by atoms with Crippen LogP contribution in [0.2, 0.25) is 0 Å². The number of carbonyl (C=O) groups is 1. The molecule has 3 aromatic rings. The van der Waals surface area contributed by atoms with Crippen LogP contribution in [-0.2, 0) is 15.7 Å². The first-order valence-corrected chi connectivity index (χ1v) is 11.7. The molecule has 2 atom stereocenters. The highest BCUT2D eigenvalue weighted by Crippen LogP contribution is 2.39. The number of piperidine rings is 1. The maximum Gasteiger partial charge on any atom is 0.419 e. The Labute approximate surface area is 209 Å². The van der Waals surface area contributed by atoms with Crippen LogP contribution in [0.1, 0.15) is 25.3 Å². The van der Waals surface area contributed by atoms with Gasteiger partial charge in [0.05, 0.1) is 24.9 Å². The van der Waals surface area contributed by atoms with E-state index in [9.17, 15) is 13.2 Å². The quantitative estimate of drug-likeness (QED) is 0.300. The van der Waals surface area contributed by atoms with Crippen LogP contribution in [0.5, 0.6) is 0 Å². The van der Waals surface area contributed by atoms with E-state index in [0.29, 0.717) is 26.3 Å². The van der Waals surface area contributed by atoms with Crippen molar-refractivity contribution in [3.63, 3.8) is 0 Å². The highest BCUT2D eigenvalue weighted by molar-refractivity contribution is 5.94. The van der Waals surface area contributed by atoms with Crippen LogP contribution in [0.15, 0.2) is 18.5 Å². The highest BCUT2D eigenvalue weighted by Gasteiger charge is 2.36. The van der Waals surface area contributed by atoms with E-state index in [4.69, 9.17) is 14.6 Å². The number of aromatic amines is 1. The van der Waals surface area contributed by atoms with Gasteiger partial charge in [-0.1, -0.05) is 0 Å². The van der Waals surface area contributed by atoms with Gasteiger partial charge in [0.25, 0.3) is 6.47 Å². The molecule has 37 heavy (non-hydrogen) atoms. The van der Waals surface area contributed by atoms with E-state index in [1.807, 2.05) is 6.92 Å². The largest absolute Gasteiger partial charge is 0.483 e. The van der Waals surface area contributed by atoms with Crippen molar-refractivity contribution in [2.24, 2.45) is 0 Å². The Morgan fingerprint density at radius 3 is 2.78 bits per heavy atom. The lowest BCUT2D eigenvalue weighted by atomic mass is 10.1. The number of aromatic nitrogens is 4. The van der Waals surface area contributed by atoms with Gasteiger partial charge in [0, 0.05) is 42.5 Å². The molecular weight excluding hydrogens is 498 g/mol. The molecule has 0 amide bonds. The minimum atomic E-state index is -4.68. The third-order valence-electron chi connectivity index (χ3n) is 6.22. The van der Waals surface area contributed by atoms with E-state index >= 15 is 4.39 Å². The molecule has 10 nitrogen and oxygen atoms in total. The van der Waals surface area contributed by atoms with Crippen LogP contribution in [0.25, 0.3) is 22.3 Å². The van der Waals surface area contributed by atoms with Gasteiger partial charge in [-0.3, -0.25) is 4.79 Å². The topological polar surface area (TPSA) is 128 Å². The number of H-pyrrole nitrogens is 1. The summed E-state index contributed by atoms with van der Waals surface area (Å²) in [5.74, 6) is -0.378. The summed E-state index contributed by atoms with van der Waals surface area (Å²) in [6.07, 6.45) is -0.722. The van der Waals surface area contributed by atoms with E-state index in [-0.39, 0.29) is 52.6 Å². The number of morpholine rings is 1. The molecule has 2 aliphatic heterocycles. The van der Waals surface area contributed by atoms with Crippen LogP contribution in [-0.4, -0.2) is 76.4 Å². The van der Waals surface area contributed by atoms with E-state index in [1.165, 1.54) is 12.3 Å². The SMILES string of the molecule is C[C@H]1COCCN1c1nc2[nH]cc(-c3nc(N[C@H]4CCCNC4)ncc3C(F)(F)F)c2cc1F.O=CO. The number of fused-ring (bicyclic) bond motifs is 1. The Balaban J connectivity index is 0.00000102. The molecule has 5 rings (SSSR count). The fourth-order valence-electron chi connectivity index (χ4n) is 4.47. The summed E-state index contributed by atoms with van der Waals surface area (Å²) in [5.41, 5.74) is -0.925. The van der Waals surface area contributed by atoms with Crippen molar-refractivity contribution in [1.29, 1.82) is 0 Å². The summed E-state index contributed by atoms with van der Waals surface area (Å²) in [6, 6.07) is 1.15. The van der Waals surface area contributed by atoms with Crippen molar-refractivity contribution in [2.75, 3.05) is 43.1 Å². The summed E-state index contributed by atoms with van der Waals surface area (Å²) in [4.78, 5) is 25.6. The Kier molecular flexibility index (Phi) is 8.07. The zero-order chi connectivity index (χ0) is 26.6. The van der Waals surface area contributed by atoms with Gasteiger partial charge in [-0.2, -0.15) is 13.2 Å². The number of anilines is 2. The molecule has 0 bridgehead atoms. The average molecular weight is 526 g/mol. The molecule has 0 aliphatic carbocycles. The van der Waals surface area contributed by atoms with Crippen molar-refractivity contribution in [2.45, 2.75) is 38.0 Å². The molecule has 2 aliphatic rings. The number of halogens is 4. The van der Waals surface area contributed by atoms with E-state index in [0.717, 1.165) is 25.6 Å². The van der Waals surface area contributed by atoms with E-state index in [2.05, 4.69) is 30.6 Å². The Bertz CT molecular complexity index is 1230. The van der Waals surface area contributed by atoms with Crippen LogP contribution < -0.4 is 15.5 Å². The fraction of sp³-hybridized carbons (Fsp3) is 0.478. The van der Waals surface area contributed by atoms with E-state index < -0.39 is 17.6 Å². The molecular formula is C23H27F4N7O3. The molecule has 5 heterocycles. The van der Waals surface area contributed by atoms with Crippen LogP contribution >= 0.6 is 0 Å². The number of hydrogen-bond acceptors (Lipinski definition) is 8. The number of ether oxygens (including phenoxy) is 1. The van der Waals surface area contributed by atoms with Crippen LogP contribution in [0.4, 0.5) is 29.3 Å². The number of nitrogens with one attached hydrogen (secondary N) is 3. The van der Waals surface area contributed by atoms with Crippen molar-refractivity contribution in [3.8, 4) is 11.3 Å². The van der Waals surface area contributed by atoms with Crippen LogP contribution in [0, 0.1) is 5.82 Å². The van der Waals surface area contributed by atoms with Gasteiger partial charge in [0.1, 0.15) is 11.2 Å². The number of pyridine rings is 1. The standard InChI is InChI=1S/C22H25F4N7O.CH2O2/c1-12-11-34-6-5-33(12)20-17(23)7-14-15(9-28-19(14)32-20)18-16(22(24,25)26)10-29-21(31-18)30-13-3-2-4-27-8-13;2-1-3/h7,9-10,12-13,27H,2-6,8,11H2,1H3,(H,28,32)(H,29,30,31);1H,(H,2,3)/t12-,13-;/m0./s1. The predicted octanol–water partition coefficient (Wildman–Crippen LogP) is 3.27. The first-order valence-electron chi connectivity index (χ1n) is 11.7. The molecule has 0 saturated carbocycles. The maximum atomic E-state index is 15.1. The number of hydrogen-bond donors (Lipinski definition) is 4. The predicted molar refractivity (Wildman–Crippen MR) is 128 cm³/mol. The van der Waals surface area contributed by atoms with Crippen molar-refractivity contribution >= 4 is 29.3 Å². The molecule has 0 spiro atoms. The van der Waals surface area contributed by atoms with E-state index in [1.54, 1.807) is 4.90 Å². The third-order valence-corrected chi connectivity index (χ3v) is 6.22. The zero-order valence-electron chi connectivity index (χ0n) is 20.0. The lowest BCUT2D eigenvalue weighted by Crippen LogP contribution is -2.44. The average Bonchev–Trinajstić information content (AvgIpc) is 3.27. The highest BCUT2D eigenvalue weighted by atomic mass is 19.4. The second kappa shape index (κ2) is 11.3. The number of nitrogens with zero attached hydrogens (tertiary/aromatic N) is 4. The molecule has 3 aromatic heterocycles. The second-order valence-electron chi connectivity index (χ2n) is 8.76. The Morgan fingerprint density at radius 2 is 2.11 bits per heavy atom. The summed E-state index contributed by atoms with van der Waals surface area (Å²) >= 11 is 0. The monoisotopic (exact) mass is 525 g/mol. The maximum absolute atomic E-state index is 15.1. The van der Waals surface area contributed by atoms with Gasteiger partial charge in [-0.25, -0.2) is 19.3 Å². The smallest absolute Gasteiger partial charge is 0.419 e. The summed E-state index contributed by atoms with van der Waals surface area (Å²) in [5, 5.41) is 13.4. The minimum absolute atomic E-state index is 0.0125. The molecule has 200 valence electrons. The molecule has 0 unspecified atom stereocenters. The summed E-state index contributed by atoms with van der Waals surface area (Å²) in [6.45, 7) is 4.58. The van der Waals surface area contributed by atoms with Gasteiger partial charge in [-0.05, 0) is 32.4 Å². The lowest BCUT2D eigenvalue weighted by Gasteiger charge is -2.34. The summed E-state index contributed by atoms with van der Waals surface area (Å²) < 4.78 is 62.0. The first kappa shape index (κ1) is 26.5. The summed E-state index contributed by atoms with van der Waals surface area (Å²) in [7, 11) is 0. The minimum Gasteiger partial charge on any atom is -0.483 e. The van der Waals surface area contributed by atoms with Crippen molar-refractivity contribution in [1.82, 2.24) is 25.3 Å². The third kappa shape index (κ3) is 5.91. The van der Waals surface area contributed by atoms with Gasteiger partial charge >= 0.3 is 6.18 Å². The number of alkyl halides is 3. The molecule has 2 fully saturated rings. The molecule has 4 N–H and O–H groups in total. The van der Waals surface area contributed by atoms with Gasteiger partial charge in [0.2, 0.25) is 5.95 Å². The fourth-order valence-corrected chi connectivity index (χ4v) is 4.47. The second-order valence-corrected chi connectivity index (χ2v) is 8.76. The van der Waals surface area contributed by atoms with Gasteiger partial charge in [-0.15, -0.1) is 0 Å². The Morgan fingerprint density at radius 1 is 1.32 bits per heavy atom. The first-order chi connectivity index (χ1) is 17.7.